The van der Waals surface area contributed by atoms with Gasteiger partial charge in [-0.25, -0.2) is 0 Å². The molecule has 0 N–H and O–H groups in total. The van der Waals surface area contributed by atoms with E-state index in [1.807, 2.05) is 27.8 Å². The van der Waals surface area contributed by atoms with Crippen LogP contribution in [0.3, 0.4) is 0 Å². The molecule has 0 atom stereocenters. The summed E-state index contributed by atoms with van der Waals surface area (Å²) in [5.74, 6) is 0. The Morgan fingerprint density at radius 2 is 0.318 bits per heavy atom. The lowest BCUT2D eigenvalue weighted by molar-refractivity contribution is 0.547. The molecule has 0 saturated heterocycles. The van der Waals surface area contributed by atoms with Gasteiger partial charge >= 0.3 is 0 Å². The second-order valence-corrected chi connectivity index (χ2v) is 22.3. The molecule has 1 aromatic rings. The highest BCUT2D eigenvalue weighted by molar-refractivity contribution is 5.47. The van der Waals surface area contributed by atoms with Gasteiger partial charge in [-0.05, 0) is 92.0 Å². The Morgan fingerprint density at radius 1 is 0.167 bits per heavy atom. The highest BCUT2D eigenvalue weighted by Gasteiger charge is 2.18. The van der Waals surface area contributed by atoms with Crippen LogP contribution in [-0.4, -0.2) is 0 Å². The van der Waals surface area contributed by atoms with Gasteiger partial charge in [-0.2, -0.15) is 0 Å². The Bertz CT molecular complexity index is 1010. The molecule has 66 heavy (non-hydrogen) atoms. The van der Waals surface area contributed by atoms with Crippen molar-refractivity contribution in [2.24, 2.45) is 0 Å². The largest absolute Gasteiger partial charge is 0.0654 e. The maximum absolute atomic E-state index is 2.88. The molecule has 0 aliphatic heterocycles. The molecule has 0 fully saturated rings. The first-order valence-electron chi connectivity index (χ1n) is 31.9. The van der Waals surface area contributed by atoms with Crippen molar-refractivity contribution in [2.75, 3.05) is 0 Å². The monoisotopic (exact) mass is 919 g/mol. The van der Waals surface area contributed by atoms with Crippen LogP contribution in [0, 0.1) is 0 Å². The van der Waals surface area contributed by atoms with Crippen LogP contribution in [-0.2, 0) is 32.1 Å². The Kier molecular flexibility index (Phi) is 49.9. The zero-order chi connectivity index (χ0) is 47.5. The van der Waals surface area contributed by atoms with E-state index >= 15 is 0 Å². The van der Waals surface area contributed by atoms with E-state index in [1.54, 1.807) is 0 Å². The molecular weight excluding hydrogens is 793 g/mol. The molecule has 0 spiro atoms. The summed E-state index contributed by atoms with van der Waals surface area (Å²) in [5, 5.41) is 0. The fourth-order valence-corrected chi connectivity index (χ4v) is 11.3. The highest BCUT2D eigenvalue weighted by atomic mass is 14.2. The van der Waals surface area contributed by atoms with E-state index in [2.05, 4.69) is 40.7 Å². The summed E-state index contributed by atoms with van der Waals surface area (Å²) in [6, 6.07) is 2.88. The summed E-state index contributed by atoms with van der Waals surface area (Å²) in [4.78, 5) is 0. The molecule has 1 aromatic carbocycles. The second-order valence-electron chi connectivity index (χ2n) is 22.3. The van der Waals surface area contributed by atoms with Gasteiger partial charge in [0.05, 0.1) is 0 Å². The van der Waals surface area contributed by atoms with E-state index in [4.69, 9.17) is 0 Å². The second kappa shape index (κ2) is 52.1. The summed E-state index contributed by atoms with van der Waals surface area (Å²) >= 11 is 0. The summed E-state index contributed by atoms with van der Waals surface area (Å²) in [6.45, 7) is 11.7. The number of unbranched alkanes of at least 4 members (excludes halogenated alkanes) is 45. The van der Waals surface area contributed by atoms with E-state index in [0.29, 0.717) is 0 Å². The molecule has 0 unspecified atom stereocenters. The highest BCUT2D eigenvalue weighted by Crippen LogP contribution is 2.32. The lowest BCUT2D eigenvalue weighted by atomic mass is 9.81. The fraction of sp³-hybridized carbons (Fsp3) is 0.909. The van der Waals surface area contributed by atoms with Gasteiger partial charge in [0.1, 0.15) is 0 Å². The third-order valence-corrected chi connectivity index (χ3v) is 15.8. The van der Waals surface area contributed by atoms with Crippen molar-refractivity contribution in [1.82, 2.24) is 0 Å². The molecule has 0 aliphatic rings. The van der Waals surface area contributed by atoms with Crippen LogP contribution in [0.25, 0.3) is 0 Å². The van der Waals surface area contributed by atoms with Crippen LogP contribution < -0.4 is 0 Å². The van der Waals surface area contributed by atoms with Crippen molar-refractivity contribution in [3.8, 4) is 0 Å². The predicted molar refractivity (Wildman–Crippen MR) is 304 cm³/mol. The molecule has 0 aliphatic carbocycles. The smallest absolute Gasteiger partial charge is 0.0273 e. The lowest BCUT2D eigenvalue weighted by Gasteiger charge is -2.24. The zero-order valence-electron chi connectivity index (χ0n) is 47.0. The van der Waals surface area contributed by atoms with Crippen molar-refractivity contribution in [3.05, 3.63) is 33.9 Å². The van der Waals surface area contributed by atoms with Crippen LogP contribution >= 0.6 is 0 Å². The predicted octanol–water partition coefficient (Wildman–Crippen LogP) is 24.0. The Balaban J connectivity index is 3.26. The summed E-state index contributed by atoms with van der Waals surface area (Å²) in [6.07, 6.45) is 78.9. The first-order valence-corrected chi connectivity index (χ1v) is 31.9. The van der Waals surface area contributed by atoms with E-state index < -0.39 is 0 Å². The molecule has 0 saturated carbocycles. The standard InChI is InChI=1S/C66H126/c1-6-11-16-21-26-31-36-41-46-51-56-62-61-63(57-52-47-42-37-32-27-22-17-12-7-2)65(59-54-49-44-39-34-29-24-19-14-9-4)66(60-55-50-45-40-35-30-25-20-15-10-5)64(62)58-53-48-43-38-33-28-23-18-13-8-3/h61H,6-60H2,1-5H3. The third kappa shape index (κ3) is 39.0. The van der Waals surface area contributed by atoms with Gasteiger partial charge in [-0.3, -0.25) is 0 Å². The van der Waals surface area contributed by atoms with Gasteiger partial charge in [-0.15, -0.1) is 0 Å². The first kappa shape index (κ1) is 63.2. The number of hydrogen-bond donors (Lipinski definition) is 0. The van der Waals surface area contributed by atoms with E-state index in [9.17, 15) is 0 Å². The molecule has 390 valence electrons. The first-order chi connectivity index (χ1) is 32.7. The molecule has 0 bridgehead atoms. The molecule has 0 heterocycles. The molecular formula is C66H126. The quantitative estimate of drug-likeness (QED) is 0.0571. The molecule has 0 aromatic heterocycles. The summed E-state index contributed by atoms with van der Waals surface area (Å²) < 4.78 is 0. The maximum atomic E-state index is 2.88. The van der Waals surface area contributed by atoms with Gasteiger partial charge in [0.2, 0.25) is 0 Å². The minimum absolute atomic E-state index is 1.35. The third-order valence-electron chi connectivity index (χ3n) is 15.8. The number of rotatable bonds is 55. The molecule has 0 radical (unpaired) electrons. The number of benzene rings is 1. The van der Waals surface area contributed by atoms with Crippen LogP contribution in [0.15, 0.2) is 6.07 Å². The molecule has 0 heteroatoms. The van der Waals surface area contributed by atoms with E-state index in [0.717, 1.165) is 0 Å². The minimum atomic E-state index is 1.35. The zero-order valence-corrected chi connectivity index (χ0v) is 47.0. The Morgan fingerprint density at radius 3 is 0.515 bits per heavy atom. The molecule has 0 amide bonds. The average molecular weight is 920 g/mol. The van der Waals surface area contributed by atoms with E-state index in [1.165, 1.54) is 353 Å². The molecule has 0 nitrogen and oxygen atoms in total. The Labute approximate surface area is 419 Å². The van der Waals surface area contributed by atoms with Gasteiger partial charge < -0.3 is 0 Å². The van der Waals surface area contributed by atoms with Crippen LogP contribution in [0.1, 0.15) is 383 Å². The van der Waals surface area contributed by atoms with E-state index in [-0.39, 0.29) is 0 Å². The summed E-state index contributed by atoms with van der Waals surface area (Å²) in [7, 11) is 0. The van der Waals surface area contributed by atoms with Crippen molar-refractivity contribution >= 4 is 0 Å². The normalized spacial score (nSPS) is 11.7. The Hall–Kier alpha value is -0.780. The van der Waals surface area contributed by atoms with Crippen molar-refractivity contribution in [2.45, 2.75) is 388 Å². The van der Waals surface area contributed by atoms with Gasteiger partial charge in [0, 0.05) is 0 Å². The average Bonchev–Trinajstić information content (AvgIpc) is 3.32. The SMILES string of the molecule is CCCCCCCCCCCCc1cc(CCCCCCCCCCCC)c(CCCCCCCCCCCC)c(CCCCCCCCCCCC)c1CCCCCCCCCCCC. The van der Waals surface area contributed by atoms with Crippen molar-refractivity contribution < 1.29 is 0 Å². The maximum Gasteiger partial charge on any atom is -0.0273 e. The van der Waals surface area contributed by atoms with Gasteiger partial charge in [0.25, 0.3) is 0 Å². The molecule has 1 rings (SSSR count). The van der Waals surface area contributed by atoms with Crippen LogP contribution in [0.5, 0.6) is 0 Å². The van der Waals surface area contributed by atoms with Crippen molar-refractivity contribution in [3.63, 3.8) is 0 Å². The minimum Gasteiger partial charge on any atom is -0.0654 e. The van der Waals surface area contributed by atoms with Crippen LogP contribution in [0.4, 0.5) is 0 Å². The topological polar surface area (TPSA) is 0 Å². The number of hydrogen-bond acceptors (Lipinski definition) is 0. The van der Waals surface area contributed by atoms with Gasteiger partial charge in [-0.1, -0.05) is 330 Å². The van der Waals surface area contributed by atoms with Gasteiger partial charge in [0.15, 0.2) is 0 Å². The number of aryl methyl sites for hydroxylation is 2. The summed E-state index contributed by atoms with van der Waals surface area (Å²) in [5.41, 5.74) is 9.32. The lowest BCUT2D eigenvalue weighted by Crippen LogP contribution is -2.11. The van der Waals surface area contributed by atoms with Crippen LogP contribution in [0.2, 0.25) is 0 Å². The fourth-order valence-electron chi connectivity index (χ4n) is 11.3. The van der Waals surface area contributed by atoms with Crippen molar-refractivity contribution in [1.29, 1.82) is 0 Å².